The first kappa shape index (κ1) is 12.6. The second-order valence-corrected chi connectivity index (χ2v) is 5.60. The number of hydrogen-bond donors (Lipinski definition) is 0. The third-order valence-corrected chi connectivity index (χ3v) is 4.22. The maximum atomic E-state index is 6.23. The van der Waals surface area contributed by atoms with E-state index in [9.17, 15) is 0 Å². The Balaban J connectivity index is 2.40. The average molecular weight is 273 g/mol. The van der Waals surface area contributed by atoms with Crippen LogP contribution in [0.1, 0.15) is 43.6 Å². The lowest BCUT2D eigenvalue weighted by Crippen LogP contribution is -1.96. The topological polar surface area (TPSA) is 13.1 Å². The first-order chi connectivity index (χ1) is 9.11. The lowest BCUT2D eigenvalue weighted by atomic mass is 9.90. The molecule has 1 aliphatic carbocycles. The van der Waals surface area contributed by atoms with E-state index in [0.29, 0.717) is 5.92 Å². The Labute approximate surface area is 118 Å². The molecular weight excluding hydrogens is 256 g/mol. The third-order valence-electron chi connectivity index (χ3n) is 4.00. The van der Waals surface area contributed by atoms with E-state index in [-0.39, 0.29) is 0 Å². The van der Waals surface area contributed by atoms with Crippen molar-refractivity contribution in [3.63, 3.8) is 0 Å². The summed E-state index contributed by atoms with van der Waals surface area (Å²) in [5.74, 6) is 1.23. The van der Waals surface area contributed by atoms with E-state index < -0.39 is 0 Å². The lowest BCUT2D eigenvalue weighted by molar-refractivity contribution is 0.596. The van der Waals surface area contributed by atoms with Crippen LogP contribution in [0.5, 0.6) is 0 Å². The van der Waals surface area contributed by atoms with Crippen LogP contribution in [-0.2, 0) is 6.42 Å². The zero-order valence-electron chi connectivity index (χ0n) is 11.5. The van der Waals surface area contributed by atoms with Crippen molar-refractivity contribution in [1.29, 1.82) is 0 Å². The molecule has 1 aromatic carbocycles. The Bertz CT molecular complexity index is 703. The van der Waals surface area contributed by atoms with Crippen LogP contribution >= 0.6 is 11.6 Å². The van der Waals surface area contributed by atoms with Crippen LogP contribution in [0.4, 0.5) is 0 Å². The Morgan fingerprint density at radius 2 is 2.05 bits per heavy atom. The smallest absolute Gasteiger partial charge is 0.135 e. The Hall–Kier alpha value is -1.47. The molecule has 1 aromatic heterocycles. The van der Waals surface area contributed by atoms with Crippen molar-refractivity contribution in [3.05, 3.63) is 51.8 Å². The van der Waals surface area contributed by atoms with Gasteiger partial charge in [-0.05, 0) is 37.1 Å². The molecule has 98 valence electrons. The van der Waals surface area contributed by atoms with Gasteiger partial charge in [-0.25, -0.2) is 0 Å². The van der Waals surface area contributed by atoms with Gasteiger partial charge in [-0.3, -0.25) is 0 Å². The van der Waals surface area contributed by atoms with Gasteiger partial charge in [0.25, 0.3) is 0 Å². The summed E-state index contributed by atoms with van der Waals surface area (Å²) < 4.78 is 6.01. The SMILES string of the molecule is CCc1cccc2oc3c(c12)[C@H](C)C(C)=CC(Cl)=C3. The van der Waals surface area contributed by atoms with Gasteiger partial charge in [0.2, 0.25) is 0 Å². The highest BCUT2D eigenvalue weighted by Crippen LogP contribution is 2.41. The Morgan fingerprint density at radius 1 is 1.26 bits per heavy atom. The van der Waals surface area contributed by atoms with Crippen LogP contribution in [0.15, 0.2) is 39.3 Å². The molecule has 19 heavy (non-hydrogen) atoms. The molecule has 0 spiro atoms. The van der Waals surface area contributed by atoms with Gasteiger partial charge >= 0.3 is 0 Å². The van der Waals surface area contributed by atoms with Gasteiger partial charge in [-0.2, -0.15) is 0 Å². The molecule has 0 unspecified atom stereocenters. The van der Waals surface area contributed by atoms with Gasteiger partial charge in [0.1, 0.15) is 11.3 Å². The van der Waals surface area contributed by atoms with Crippen molar-refractivity contribution in [2.75, 3.05) is 0 Å². The molecule has 0 aliphatic heterocycles. The fourth-order valence-electron chi connectivity index (χ4n) is 2.83. The highest BCUT2D eigenvalue weighted by molar-refractivity contribution is 6.33. The maximum Gasteiger partial charge on any atom is 0.135 e. The van der Waals surface area contributed by atoms with E-state index in [1.807, 2.05) is 18.2 Å². The standard InChI is InChI=1S/C17H17ClO/c1-4-12-6-5-7-14-17(12)16-11(3)10(2)8-13(18)9-15(16)19-14/h5-9,11H,4H2,1-3H3/t11-/m1/s1. The summed E-state index contributed by atoms with van der Waals surface area (Å²) in [4.78, 5) is 0. The summed E-state index contributed by atoms with van der Waals surface area (Å²) in [6.45, 7) is 6.53. The zero-order chi connectivity index (χ0) is 13.6. The fourth-order valence-corrected chi connectivity index (χ4v) is 3.10. The first-order valence-electron chi connectivity index (χ1n) is 6.71. The Kier molecular flexibility index (Phi) is 3.02. The average Bonchev–Trinajstić information content (AvgIpc) is 2.70. The second-order valence-electron chi connectivity index (χ2n) is 5.16. The summed E-state index contributed by atoms with van der Waals surface area (Å²) >= 11 is 6.23. The van der Waals surface area contributed by atoms with Crippen molar-refractivity contribution in [3.8, 4) is 0 Å². The molecule has 1 atom stereocenters. The number of furan rings is 1. The number of benzene rings is 1. The molecule has 1 aliphatic rings. The molecular formula is C17H17ClO. The van der Waals surface area contributed by atoms with Gasteiger partial charge < -0.3 is 4.42 Å². The van der Waals surface area contributed by atoms with Crippen LogP contribution in [0.3, 0.4) is 0 Å². The van der Waals surface area contributed by atoms with Gasteiger partial charge in [0, 0.05) is 21.9 Å². The van der Waals surface area contributed by atoms with Crippen LogP contribution < -0.4 is 0 Å². The third kappa shape index (κ3) is 1.93. The summed E-state index contributed by atoms with van der Waals surface area (Å²) in [6.07, 6.45) is 4.97. The Morgan fingerprint density at radius 3 is 2.79 bits per heavy atom. The van der Waals surface area contributed by atoms with Gasteiger partial charge in [0.15, 0.2) is 0 Å². The maximum absolute atomic E-state index is 6.23. The number of aryl methyl sites for hydroxylation is 1. The minimum absolute atomic E-state index is 0.330. The predicted octanol–water partition coefficient (Wildman–Crippen LogP) is 5.64. The number of rotatable bonds is 1. The van der Waals surface area contributed by atoms with E-state index in [2.05, 4.69) is 32.9 Å². The summed E-state index contributed by atoms with van der Waals surface area (Å²) in [5.41, 5.74) is 4.85. The number of hydrogen-bond acceptors (Lipinski definition) is 1. The first-order valence-corrected chi connectivity index (χ1v) is 7.09. The van der Waals surface area contributed by atoms with E-state index in [0.717, 1.165) is 22.8 Å². The summed E-state index contributed by atoms with van der Waals surface area (Å²) in [6, 6.07) is 6.28. The van der Waals surface area contributed by atoms with E-state index in [1.54, 1.807) is 0 Å². The molecule has 3 rings (SSSR count). The molecule has 0 bridgehead atoms. The normalized spacial score (nSPS) is 18.8. The molecule has 1 nitrogen and oxygen atoms in total. The van der Waals surface area contributed by atoms with E-state index in [4.69, 9.17) is 16.0 Å². The van der Waals surface area contributed by atoms with Crippen molar-refractivity contribution < 1.29 is 4.42 Å². The summed E-state index contributed by atoms with van der Waals surface area (Å²) in [5, 5.41) is 2.00. The molecule has 0 radical (unpaired) electrons. The molecule has 0 saturated heterocycles. The van der Waals surface area contributed by atoms with Crippen molar-refractivity contribution in [1.82, 2.24) is 0 Å². The monoisotopic (exact) mass is 272 g/mol. The van der Waals surface area contributed by atoms with Crippen LogP contribution in [-0.4, -0.2) is 0 Å². The predicted molar refractivity (Wildman–Crippen MR) is 81.6 cm³/mol. The molecule has 2 aromatic rings. The highest BCUT2D eigenvalue weighted by Gasteiger charge is 2.23. The van der Waals surface area contributed by atoms with Gasteiger partial charge in [-0.1, -0.05) is 43.2 Å². The molecule has 0 N–H and O–H groups in total. The number of fused-ring (bicyclic) bond motifs is 3. The second kappa shape index (κ2) is 4.57. The minimum Gasteiger partial charge on any atom is -0.456 e. The fraction of sp³-hybridized carbons (Fsp3) is 0.294. The van der Waals surface area contributed by atoms with Crippen LogP contribution in [0.25, 0.3) is 17.0 Å². The quantitative estimate of drug-likeness (QED) is 0.655. The van der Waals surface area contributed by atoms with Crippen LogP contribution in [0.2, 0.25) is 0 Å². The molecule has 1 heterocycles. The molecule has 0 amide bonds. The lowest BCUT2D eigenvalue weighted by Gasteiger charge is -2.12. The molecule has 2 heteroatoms. The van der Waals surface area contributed by atoms with Gasteiger partial charge in [0.05, 0.1) is 0 Å². The zero-order valence-corrected chi connectivity index (χ0v) is 12.2. The number of allylic oxidation sites excluding steroid dienone is 3. The highest BCUT2D eigenvalue weighted by atomic mass is 35.5. The summed E-state index contributed by atoms with van der Waals surface area (Å²) in [7, 11) is 0. The van der Waals surface area contributed by atoms with Crippen molar-refractivity contribution >= 4 is 28.6 Å². The van der Waals surface area contributed by atoms with Crippen molar-refractivity contribution in [2.45, 2.75) is 33.1 Å². The number of halogens is 1. The van der Waals surface area contributed by atoms with E-state index >= 15 is 0 Å². The molecule has 0 saturated carbocycles. The van der Waals surface area contributed by atoms with Crippen molar-refractivity contribution in [2.24, 2.45) is 0 Å². The van der Waals surface area contributed by atoms with Crippen LogP contribution in [0, 0.1) is 0 Å². The minimum atomic E-state index is 0.330. The largest absolute Gasteiger partial charge is 0.456 e. The molecule has 0 fully saturated rings. The van der Waals surface area contributed by atoms with Gasteiger partial charge in [-0.15, -0.1) is 0 Å². The van der Waals surface area contributed by atoms with E-state index in [1.165, 1.54) is 22.1 Å².